The van der Waals surface area contributed by atoms with Crippen LogP contribution in [0.4, 0.5) is 4.79 Å². The van der Waals surface area contributed by atoms with Crippen molar-refractivity contribution in [3.8, 4) is 11.3 Å². The molecule has 1 aliphatic rings. The number of aldehydes is 1. The lowest BCUT2D eigenvalue weighted by Gasteiger charge is -2.39. The Kier molecular flexibility index (Phi) is 7.84. The molecule has 1 atom stereocenters. The molecular weight excluding hydrogens is 408 g/mol. The predicted molar refractivity (Wildman–Crippen MR) is 113 cm³/mol. The van der Waals surface area contributed by atoms with Gasteiger partial charge in [0.15, 0.2) is 0 Å². The molecule has 1 amide bonds. The van der Waals surface area contributed by atoms with E-state index < -0.39 is 6.09 Å². The van der Waals surface area contributed by atoms with Gasteiger partial charge in [-0.3, -0.25) is 0 Å². The fourth-order valence-corrected chi connectivity index (χ4v) is 4.15. The monoisotopic (exact) mass is 434 g/mol. The van der Waals surface area contributed by atoms with Crippen LogP contribution in [0.2, 0.25) is 5.02 Å². The van der Waals surface area contributed by atoms with Crippen molar-refractivity contribution in [2.45, 2.75) is 31.7 Å². The van der Waals surface area contributed by atoms with Gasteiger partial charge in [-0.1, -0.05) is 28.9 Å². The van der Waals surface area contributed by atoms with Crippen molar-refractivity contribution < 1.29 is 19.2 Å². The summed E-state index contributed by atoms with van der Waals surface area (Å²) in [5.41, 5.74) is 4.45. The van der Waals surface area contributed by atoms with Crippen LogP contribution in [0, 0.1) is 5.92 Å². The Bertz CT molecular complexity index is 834. The van der Waals surface area contributed by atoms with Crippen LogP contribution in [-0.4, -0.2) is 65.3 Å². The Hall–Kier alpha value is -2.42. The highest BCUT2D eigenvalue weighted by Gasteiger charge is 2.32. The van der Waals surface area contributed by atoms with Crippen molar-refractivity contribution in [3.63, 3.8) is 0 Å². The number of halogens is 1. The van der Waals surface area contributed by atoms with E-state index in [2.05, 4.69) is 15.5 Å². The molecule has 0 aliphatic carbocycles. The average Bonchev–Trinajstić information content (AvgIpc) is 3.22. The van der Waals surface area contributed by atoms with Crippen molar-refractivity contribution >= 4 is 24.0 Å². The number of piperidine rings is 1. The minimum Gasteiger partial charge on any atom is -0.464 e. The maximum Gasteiger partial charge on any atom is 0.422 e. The number of amides is 1. The number of aromatic nitrogens is 1. The number of rotatable bonds is 9. The van der Waals surface area contributed by atoms with E-state index in [1.165, 1.54) is 0 Å². The zero-order chi connectivity index (χ0) is 21.5. The Balaban J connectivity index is 1.50. The molecule has 30 heavy (non-hydrogen) atoms. The molecule has 1 aromatic carbocycles. The highest BCUT2D eigenvalue weighted by atomic mass is 35.5. The molecule has 1 saturated heterocycles. The highest BCUT2D eigenvalue weighted by Crippen LogP contribution is 2.26. The Labute approximate surface area is 180 Å². The molecule has 8 nitrogen and oxygen atoms in total. The number of likely N-dealkylation sites (tertiary alicyclic amines) is 1. The smallest absolute Gasteiger partial charge is 0.422 e. The Morgan fingerprint density at radius 1 is 1.40 bits per heavy atom. The highest BCUT2D eigenvalue weighted by molar-refractivity contribution is 6.30. The number of benzene rings is 1. The van der Waals surface area contributed by atoms with Gasteiger partial charge in [0.05, 0.1) is 6.04 Å². The molecule has 0 saturated carbocycles. The SMILES string of the molecule is CNN(C(=O)O)C(CC=O)C1CCN(CCc2cc(-c3ccc(Cl)cc3)no2)CC1. The van der Waals surface area contributed by atoms with Gasteiger partial charge < -0.3 is 19.3 Å². The topological polar surface area (TPSA) is 98.9 Å². The number of carboxylic acid groups (broad SMARTS) is 1. The molecule has 9 heteroatoms. The number of hydrazine groups is 1. The van der Waals surface area contributed by atoms with Crippen LogP contribution >= 0.6 is 11.6 Å². The van der Waals surface area contributed by atoms with Crippen LogP contribution in [0.25, 0.3) is 11.3 Å². The maximum atomic E-state index is 11.4. The first-order valence-corrected chi connectivity index (χ1v) is 10.5. The molecule has 2 heterocycles. The third kappa shape index (κ3) is 5.59. The molecule has 1 aliphatic heterocycles. The minimum absolute atomic E-state index is 0.150. The second-order valence-corrected chi connectivity index (χ2v) is 7.90. The summed E-state index contributed by atoms with van der Waals surface area (Å²) in [6.07, 6.45) is 2.37. The third-order valence-corrected chi connectivity index (χ3v) is 5.92. The van der Waals surface area contributed by atoms with Gasteiger partial charge in [-0.25, -0.2) is 15.2 Å². The fourth-order valence-electron chi connectivity index (χ4n) is 4.03. The largest absolute Gasteiger partial charge is 0.464 e. The Morgan fingerprint density at radius 2 is 2.10 bits per heavy atom. The summed E-state index contributed by atoms with van der Waals surface area (Å²) in [6, 6.07) is 9.09. The first-order chi connectivity index (χ1) is 14.5. The summed E-state index contributed by atoms with van der Waals surface area (Å²) >= 11 is 5.93. The summed E-state index contributed by atoms with van der Waals surface area (Å²) in [4.78, 5) is 24.9. The zero-order valence-corrected chi connectivity index (χ0v) is 17.7. The second-order valence-electron chi connectivity index (χ2n) is 7.46. The lowest BCUT2D eigenvalue weighted by molar-refractivity contribution is -0.109. The molecule has 0 radical (unpaired) electrons. The summed E-state index contributed by atoms with van der Waals surface area (Å²) in [5.74, 6) is 0.977. The van der Waals surface area contributed by atoms with Crippen molar-refractivity contribution in [3.05, 3.63) is 41.1 Å². The maximum absolute atomic E-state index is 11.4. The number of carbonyl (C=O) groups excluding carboxylic acids is 1. The van der Waals surface area contributed by atoms with E-state index in [4.69, 9.17) is 16.1 Å². The van der Waals surface area contributed by atoms with Gasteiger partial charge >= 0.3 is 6.09 Å². The van der Waals surface area contributed by atoms with Crippen LogP contribution < -0.4 is 5.43 Å². The molecule has 0 bridgehead atoms. The molecule has 1 fully saturated rings. The molecular formula is C21H27ClN4O4. The van der Waals surface area contributed by atoms with Crippen molar-refractivity contribution in [1.29, 1.82) is 0 Å². The van der Waals surface area contributed by atoms with Crippen molar-refractivity contribution in [2.24, 2.45) is 5.92 Å². The van der Waals surface area contributed by atoms with E-state index in [9.17, 15) is 14.7 Å². The number of carbonyl (C=O) groups is 2. The number of hydrogen-bond donors (Lipinski definition) is 2. The van der Waals surface area contributed by atoms with Gasteiger partial charge in [-0.05, 0) is 44.0 Å². The number of nitrogens with zero attached hydrogens (tertiary/aromatic N) is 3. The zero-order valence-electron chi connectivity index (χ0n) is 17.0. The standard InChI is InChI=1S/C21H27ClN4O4/c1-23-26(21(28)29)20(9-13-27)16-6-10-25(11-7-16)12-8-18-14-19(24-30-18)15-2-4-17(22)5-3-15/h2-5,13-14,16,20,23H,6-12H2,1H3,(H,28,29). The molecule has 3 rings (SSSR count). The first-order valence-electron chi connectivity index (χ1n) is 10.1. The molecule has 1 aromatic heterocycles. The summed E-state index contributed by atoms with van der Waals surface area (Å²) in [7, 11) is 1.57. The molecule has 162 valence electrons. The average molecular weight is 435 g/mol. The van der Waals surface area contributed by atoms with Crippen molar-refractivity contribution in [1.82, 2.24) is 20.5 Å². The van der Waals surface area contributed by atoms with E-state index in [-0.39, 0.29) is 18.4 Å². The second kappa shape index (κ2) is 10.6. The van der Waals surface area contributed by atoms with Crippen LogP contribution in [0.5, 0.6) is 0 Å². The molecule has 2 N–H and O–H groups in total. The van der Waals surface area contributed by atoms with Gasteiger partial charge in [0.25, 0.3) is 0 Å². The van der Waals surface area contributed by atoms with Gasteiger partial charge in [-0.15, -0.1) is 0 Å². The Morgan fingerprint density at radius 3 is 2.70 bits per heavy atom. The van der Waals surface area contributed by atoms with Gasteiger partial charge in [0.2, 0.25) is 0 Å². The van der Waals surface area contributed by atoms with Gasteiger partial charge in [0.1, 0.15) is 17.7 Å². The minimum atomic E-state index is -1.06. The van der Waals surface area contributed by atoms with Crippen LogP contribution in [-0.2, 0) is 11.2 Å². The van der Waals surface area contributed by atoms with Crippen molar-refractivity contribution in [2.75, 3.05) is 26.7 Å². The van der Waals surface area contributed by atoms with E-state index in [1.54, 1.807) is 7.05 Å². The molecule has 1 unspecified atom stereocenters. The summed E-state index contributed by atoms with van der Waals surface area (Å²) in [5, 5.41) is 15.4. The van der Waals surface area contributed by atoms with Crippen LogP contribution in [0.1, 0.15) is 25.0 Å². The van der Waals surface area contributed by atoms with Gasteiger partial charge in [-0.2, -0.15) is 0 Å². The quantitative estimate of drug-likeness (QED) is 0.461. The first kappa shape index (κ1) is 22.3. The van der Waals surface area contributed by atoms with E-state index in [0.717, 1.165) is 67.2 Å². The lowest BCUT2D eigenvalue weighted by Crippen LogP contribution is -2.52. The summed E-state index contributed by atoms with van der Waals surface area (Å²) in [6.45, 7) is 2.56. The normalized spacial score (nSPS) is 16.3. The van der Waals surface area contributed by atoms with E-state index >= 15 is 0 Å². The summed E-state index contributed by atoms with van der Waals surface area (Å²) < 4.78 is 5.48. The fraction of sp³-hybridized carbons (Fsp3) is 0.476. The number of hydrogen-bond acceptors (Lipinski definition) is 6. The molecule has 0 spiro atoms. The number of nitrogens with one attached hydrogen (secondary N) is 1. The third-order valence-electron chi connectivity index (χ3n) is 5.67. The van der Waals surface area contributed by atoms with E-state index in [0.29, 0.717) is 5.02 Å². The lowest BCUT2D eigenvalue weighted by atomic mass is 9.87. The van der Waals surface area contributed by atoms with Gasteiger partial charge in [0, 0.05) is 43.1 Å². The van der Waals surface area contributed by atoms with E-state index in [1.807, 2.05) is 30.3 Å². The predicted octanol–water partition coefficient (Wildman–Crippen LogP) is 3.32. The van der Waals surface area contributed by atoms with Crippen LogP contribution in [0.15, 0.2) is 34.9 Å². The molecule has 2 aromatic rings. The van der Waals surface area contributed by atoms with Crippen LogP contribution in [0.3, 0.4) is 0 Å².